The summed E-state index contributed by atoms with van der Waals surface area (Å²) in [6.07, 6.45) is 1.75. The summed E-state index contributed by atoms with van der Waals surface area (Å²) in [5, 5.41) is 10.8. The summed E-state index contributed by atoms with van der Waals surface area (Å²) in [4.78, 5) is 3.98. The molecule has 0 saturated carbocycles. The zero-order valence-electron chi connectivity index (χ0n) is 9.64. The molecule has 1 unspecified atom stereocenters. The van der Waals surface area contributed by atoms with Crippen molar-refractivity contribution in [3.63, 3.8) is 0 Å². The van der Waals surface area contributed by atoms with E-state index in [4.69, 9.17) is 16.3 Å². The number of halogens is 1. The largest absolute Gasteiger partial charge is 0.493 e. The number of hydrogen-bond donors (Lipinski definition) is 1. The van der Waals surface area contributed by atoms with Gasteiger partial charge in [0.05, 0.1) is 6.61 Å². The van der Waals surface area contributed by atoms with Crippen LogP contribution < -0.4 is 4.74 Å². The van der Waals surface area contributed by atoms with Gasteiger partial charge in [-0.05, 0) is 11.6 Å². The highest BCUT2D eigenvalue weighted by Crippen LogP contribution is 2.35. The fourth-order valence-electron chi connectivity index (χ4n) is 2.18. The quantitative estimate of drug-likeness (QED) is 0.846. The third-order valence-electron chi connectivity index (χ3n) is 3.11. The zero-order chi connectivity index (χ0) is 12.5. The van der Waals surface area contributed by atoms with Crippen LogP contribution in [0.5, 0.6) is 5.75 Å². The van der Waals surface area contributed by atoms with Gasteiger partial charge in [0.25, 0.3) is 0 Å². The van der Waals surface area contributed by atoms with E-state index in [1.165, 1.54) is 0 Å². The highest BCUT2D eigenvalue weighted by atomic mass is 35.5. The lowest BCUT2D eigenvalue weighted by Gasteiger charge is -2.14. The van der Waals surface area contributed by atoms with Gasteiger partial charge in [-0.3, -0.25) is 0 Å². The molecule has 18 heavy (non-hydrogen) atoms. The van der Waals surface area contributed by atoms with E-state index in [9.17, 15) is 5.11 Å². The van der Waals surface area contributed by atoms with E-state index in [0.29, 0.717) is 17.3 Å². The summed E-state index contributed by atoms with van der Waals surface area (Å²) < 4.78 is 5.59. The Balaban J connectivity index is 2.00. The van der Waals surface area contributed by atoms with E-state index < -0.39 is 6.10 Å². The standard InChI is InChI=1S/C14H12ClNO2/c15-12-5-4-10(8-16-12)13(17)11-3-1-2-9-6-7-18-14(9)11/h1-5,8,13,17H,6-7H2. The number of nitrogens with zero attached hydrogens (tertiary/aromatic N) is 1. The lowest BCUT2D eigenvalue weighted by molar-refractivity contribution is 0.213. The number of aliphatic hydroxyl groups excluding tert-OH is 1. The van der Waals surface area contributed by atoms with Crippen LogP contribution in [0.15, 0.2) is 36.5 Å². The number of ether oxygens (including phenoxy) is 1. The van der Waals surface area contributed by atoms with E-state index in [-0.39, 0.29) is 0 Å². The number of pyridine rings is 1. The van der Waals surface area contributed by atoms with Crippen molar-refractivity contribution in [3.8, 4) is 5.75 Å². The predicted molar refractivity (Wildman–Crippen MR) is 68.9 cm³/mol. The van der Waals surface area contributed by atoms with Crippen LogP contribution in [-0.2, 0) is 6.42 Å². The number of hydrogen-bond acceptors (Lipinski definition) is 3. The molecule has 3 nitrogen and oxygen atoms in total. The molecule has 4 heteroatoms. The molecule has 1 aromatic heterocycles. The number of fused-ring (bicyclic) bond motifs is 1. The first-order valence-electron chi connectivity index (χ1n) is 5.80. The van der Waals surface area contributed by atoms with Gasteiger partial charge in [0.2, 0.25) is 0 Å². The smallest absolute Gasteiger partial charge is 0.129 e. The molecule has 0 amide bonds. The van der Waals surface area contributed by atoms with Crippen LogP contribution in [0.3, 0.4) is 0 Å². The monoisotopic (exact) mass is 261 g/mol. The minimum absolute atomic E-state index is 0.417. The molecule has 1 aliphatic heterocycles. The SMILES string of the molecule is OC(c1ccc(Cl)nc1)c1cccc2c1OCC2. The highest BCUT2D eigenvalue weighted by Gasteiger charge is 2.21. The second-order valence-corrected chi connectivity index (χ2v) is 4.64. The minimum Gasteiger partial charge on any atom is -0.493 e. The summed E-state index contributed by atoms with van der Waals surface area (Å²) in [6.45, 7) is 0.679. The highest BCUT2D eigenvalue weighted by molar-refractivity contribution is 6.29. The molecule has 1 aromatic carbocycles. The molecule has 0 saturated heterocycles. The number of aromatic nitrogens is 1. The number of benzene rings is 1. The van der Waals surface area contributed by atoms with Crippen LogP contribution >= 0.6 is 11.6 Å². The van der Waals surface area contributed by atoms with E-state index in [1.54, 1.807) is 18.3 Å². The third-order valence-corrected chi connectivity index (χ3v) is 3.33. The van der Waals surface area contributed by atoms with Gasteiger partial charge in [0, 0.05) is 23.7 Å². The molecule has 0 radical (unpaired) electrons. The van der Waals surface area contributed by atoms with Gasteiger partial charge in [-0.2, -0.15) is 0 Å². The van der Waals surface area contributed by atoms with Crippen LogP contribution in [0, 0.1) is 0 Å². The van der Waals surface area contributed by atoms with Crippen molar-refractivity contribution in [3.05, 3.63) is 58.4 Å². The van der Waals surface area contributed by atoms with Crippen LogP contribution in [0.25, 0.3) is 0 Å². The Morgan fingerprint density at radius 3 is 2.94 bits per heavy atom. The van der Waals surface area contributed by atoms with Crippen molar-refractivity contribution >= 4 is 11.6 Å². The van der Waals surface area contributed by atoms with Crippen molar-refractivity contribution < 1.29 is 9.84 Å². The molecule has 0 bridgehead atoms. The van der Waals surface area contributed by atoms with E-state index in [0.717, 1.165) is 23.3 Å². The van der Waals surface area contributed by atoms with Gasteiger partial charge in [0.1, 0.15) is 17.0 Å². The zero-order valence-corrected chi connectivity index (χ0v) is 10.4. The van der Waals surface area contributed by atoms with Gasteiger partial charge in [-0.1, -0.05) is 35.9 Å². The maximum absolute atomic E-state index is 10.4. The molecular weight excluding hydrogens is 250 g/mol. The third kappa shape index (κ3) is 1.96. The summed E-state index contributed by atoms with van der Waals surface area (Å²) >= 11 is 5.74. The van der Waals surface area contributed by atoms with Gasteiger partial charge in [0.15, 0.2) is 0 Å². The molecular formula is C14H12ClNO2. The molecule has 2 aromatic rings. The average molecular weight is 262 g/mol. The summed E-state index contributed by atoms with van der Waals surface area (Å²) in [6, 6.07) is 9.29. The first-order chi connectivity index (χ1) is 8.75. The number of para-hydroxylation sites is 1. The minimum atomic E-state index is -0.734. The summed E-state index contributed by atoms with van der Waals surface area (Å²) in [5.74, 6) is 0.806. The van der Waals surface area contributed by atoms with Crippen molar-refractivity contribution in [1.29, 1.82) is 0 Å². The second-order valence-electron chi connectivity index (χ2n) is 4.25. The van der Waals surface area contributed by atoms with E-state index in [1.807, 2.05) is 18.2 Å². The number of aliphatic hydroxyl groups is 1. The Hall–Kier alpha value is -1.58. The molecule has 1 N–H and O–H groups in total. The van der Waals surface area contributed by atoms with Gasteiger partial charge in [-0.15, -0.1) is 0 Å². The first-order valence-corrected chi connectivity index (χ1v) is 6.17. The van der Waals surface area contributed by atoms with Crippen molar-refractivity contribution in [1.82, 2.24) is 4.98 Å². The normalized spacial score (nSPS) is 15.0. The molecule has 3 rings (SSSR count). The Morgan fingerprint density at radius 1 is 1.28 bits per heavy atom. The molecule has 92 valence electrons. The van der Waals surface area contributed by atoms with Crippen molar-refractivity contribution in [2.24, 2.45) is 0 Å². The van der Waals surface area contributed by atoms with Gasteiger partial charge >= 0.3 is 0 Å². The fraction of sp³-hybridized carbons (Fsp3) is 0.214. The predicted octanol–water partition coefficient (Wildman–Crippen LogP) is 2.75. The molecule has 0 spiro atoms. The van der Waals surface area contributed by atoms with Crippen molar-refractivity contribution in [2.45, 2.75) is 12.5 Å². The van der Waals surface area contributed by atoms with Crippen LogP contribution in [0.4, 0.5) is 0 Å². The Morgan fingerprint density at radius 2 is 2.17 bits per heavy atom. The van der Waals surface area contributed by atoms with Crippen LogP contribution in [0.2, 0.25) is 5.15 Å². The lowest BCUT2D eigenvalue weighted by atomic mass is 9.99. The average Bonchev–Trinajstić information content (AvgIpc) is 2.87. The Bertz CT molecular complexity index is 569. The van der Waals surface area contributed by atoms with Crippen molar-refractivity contribution in [2.75, 3.05) is 6.61 Å². The molecule has 2 heterocycles. The molecule has 0 fully saturated rings. The maximum Gasteiger partial charge on any atom is 0.129 e. The van der Waals surface area contributed by atoms with Gasteiger partial charge < -0.3 is 9.84 Å². The molecule has 1 aliphatic rings. The Kier molecular flexibility index (Phi) is 2.94. The topological polar surface area (TPSA) is 42.4 Å². The Labute approximate surface area is 110 Å². The summed E-state index contributed by atoms with van der Waals surface area (Å²) in [7, 11) is 0. The van der Waals surface area contributed by atoms with Crippen LogP contribution in [0.1, 0.15) is 22.8 Å². The lowest BCUT2D eigenvalue weighted by Crippen LogP contribution is -2.02. The molecule has 1 atom stereocenters. The van der Waals surface area contributed by atoms with E-state index >= 15 is 0 Å². The fourth-order valence-corrected chi connectivity index (χ4v) is 2.30. The second kappa shape index (κ2) is 4.59. The molecule has 0 aliphatic carbocycles. The van der Waals surface area contributed by atoms with Gasteiger partial charge in [-0.25, -0.2) is 4.98 Å². The number of rotatable bonds is 2. The van der Waals surface area contributed by atoms with E-state index in [2.05, 4.69) is 4.98 Å². The maximum atomic E-state index is 10.4. The summed E-state index contributed by atoms with van der Waals surface area (Å²) in [5.41, 5.74) is 2.64. The first kappa shape index (κ1) is 11.5. The van der Waals surface area contributed by atoms with Crippen LogP contribution in [-0.4, -0.2) is 16.7 Å².